The molecule has 1 heterocycles. The van der Waals surface area contributed by atoms with Gasteiger partial charge in [-0.05, 0) is 30.3 Å². The summed E-state index contributed by atoms with van der Waals surface area (Å²) in [4.78, 5) is 23.9. The number of benzene rings is 2. The molecular weight excluding hydrogens is 516 g/mol. The predicted octanol–water partition coefficient (Wildman–Crippen LogP) is 3.79. The Kier molecular flexibility index (Phi) is 7.45. The summed E-state index contributed by atoms with van der Waals surface area (Å²) in [5.41, 5.74) is 4.45. The van der Waals surface area contributed by atoms with Gasteiger partial charge in [0.1, 0.15) is 28.5 Å². The number of methoxy groups -OCH3 is 1. The van der Waals surface area contributed by atoms with Crippen LogP contribution in [-0.2, 0) is 19.5 Å². The average Bonchev–Trinajstić information content (AvgIpc) is 3.12. The van der Waals surface area contributed by atoms with Gasteiger partial charge in [0.15, 0.2) is 0 Å². The lowest BCUT2D eigenvalue weighted by Gasteiger charge is -2.24. The fraction of sp³-hybridized carbons (Fsp3) is 0.238. The first kappa shape index (κ1) is 26.7. The van der Waals surface area contributed by atoms with E-state index in [9.17, 15) is 35.6 Å². The molecule has 194 valence electrons. The third kappa shape index (κ3) is 6.04. The number of primary amides is 1. The SMILES string of the molecule is COc1cc2c(C(=O)OC(N)=O)c(-c3ccc(F)cc3)oc2cc1N(CCOC(F)(F)F)S(C)(=O)=O. The molecule has 3 aromatic rings. The number of sulfonamides is 1. The number of nitrogens with zero attached hydrogens (tertiary/aromatic N) is 1. The summed E-state index contributed by atoms with van der Waals surface area (Å²) in [5.74, 6) is -2.18. The molecule has 0 aliphatic rings. The zero-order valence-corrected chi connectivity index (χ0v) is 19.4. The number of furan rings is 1. The Labute approximate surface area is 201 Å². The molecule has 0 fully saturated rings. The Bertz CT molecular complexity index is 1400. The Morgan fingerprint density at radius 1 is 1.14 bits per heavy atom. The van der Waals surface area contributed by atoms with Gasteiger partial charge in [0.2, 0.25) is 10.0 Å². The molecule has 10 nitrogen and oxygen atoms in total. The maximum absolute atomic E-state index is 13.4. The summed E-state index contributed by atoms with van der Waals surface area (Å²) >= 11 is 0. The van der Waals surface area contributed by atoms with Crippen LogP contribution in [0.3, 0.4) is 0 Å². The third-order valence-electron chi connectivity index (χ3n) is 4.72. The average molecular weight is 534 g/mol. The molecule has 3 rings (SSSR count). The zero-order valence-electron chi connectivity index (χ0n) is 18.6. The Hall–Kier alpha value is -3.85. The highest BCUT2D eigenvalue weighted by molar-refractivity contribution is 7.92. The highest BCUT2D eigenvalue weighted by Crippen LogP contribution is 2.41. The van der Waals surface area contributed by atoms with E-state index in [1.807, 2.05) is 0 Å². The van der Waals surface area contributed by atoms with Crippen molar-refractivity contribution in [1.82, 2.24) is 0 Å². The van der Waals surface area contributed by atoms with Crippen LogP contribution < -0.4 is 14.8 Å². The van der Waals surface area contributed by atoms with Crippen LogP contribution in [0.4, 0.5) is 28.0 Å². The lowest BCUT2D eigenvalue weighted by Crippen LogP contribution is -2.34. The number of hydrogen-bond donors (Lipinski definition) is 1. The van der Waals surface area contributed by atoms with Crippen LogP contribution in [0.2, 0.25) is 0 Å². The first-order chi connectivity index (χ1) is 16.7. The predicted molar refractivity (Wildman–Crippen MR) is 117 cm³/mol. The van der Waals surface area contributed by atoms with Gasteiger partial charge in [0, 0.05) is 17.0 Å². The highest BCUT2D eigenvalue weighted by atomic mass is 32.2. The number of carbonyl (C=O) groups is 2. The van der Waals surface area contributed by atoms with Crippen LogP contribution in [0.1, 0.15) is 10.4 Å². The molecule has 0 aliphatic heterocycles. The van der Waals surface area contributed by atoms with Gasteiger partial charge in [0.25, 0.3) is 0 Å². The molecule has 0 aliphatic carbocycles. The van der Waals surface area contributed by atoms with Gasteiger partial charge in [-0.1, -0.05) is 0 Å². The fourth-order valence-corrected chi connectivity index (χ4v) is 4.24. The van der Waals surface area contributed by atoms with Crippen molar-refractivity contribution in [3.8, 4) is 17.1 Å². The summed E-state index contributed by atoms with van der Waals surface area (Å²) in [6.07, 6.45) is -5.65. The van der Waals surface area contributed by atoms with Crippen LogP contribution in [0, 0.1) is 5.82 Å². The fourth-order valence-electron chi connectivity index (χ4n) is 3.33. The highest BCUT2D eigenvalue weighted by Gasteiger charge is 2.32. The van der Waals surface area contributed by atoms with Gasteiger partial charge in [0.05, 0.1) is 32.2 Å². The molecule has 0 saturated carbocycles. The standard InChI is InChI=1S/C21H18F4N2O8S/c1-32-16-9-13-15(10-14(16)27(36(2,30)31)7-8-33-21(23,24)25)34-18(11-3-5-12(22)6-4-11)17(13)19(28)35-20(26)29/h3-6,9-10H,7-8H2,1-2H3,(H2,26,29). The lowest BCUT2D eigenvalue weighted by atomic mass is 10.0. The Morgan fingerprint density at radius 3 is 2.31 bits per heavy atom. The van der Waals surface area contributed by atoms with Crippen LogP contribution >= 0.6 is 0 Å². The first-order valence-corrected chi connectivity index (χ1v) is 11.7. The van der Waals surface area contributed by atoms with Crippen molar-refractivity contribution in [3.05, 3.63) is 47.8 Å². The van der Waals surface area contributed by atoms with Crippen molar-refractivity contribution in [2.24, 2.45) is 5.73 Å². The molecular formula is C21H18F4N2O8S. The van der Waals surface area contributed by atoms with E-state index in [2.05, 4.69) is 9.47 Å². The van der Waals surface area contributed by atoms with Crippen LogP contribution in [0.15, 0.2) is 40.8 Å². The molecule has 0 radical (unpaired) electrons. The molecule has 0 bridgehead atoms. The van der Waals surface area contributed by atoms with Crippen LogP contribution in [0.25, 0.3) is 22.3 Å². The van der Waals surface area contributed by atoms with Crippen molar-refractivity contribution in [2.45, 2.75) is 6.36 Å². The normalized spacial score (nSPS) is 11.9. The van der Waals surface area contributed by atoms with Crippen molar-refractivity contribution < 1.29 is 54.2 Å². The number of amides is 1. The summed E-state index contributed by atoms with van der Waals surface area (Å²) in [7, 11) is -3.01. The minimum absolute atomic E-state index is 0.0128. The molecule has 15 heteroatoms. The number of hydrogen-bond acceptors (Lipinski definition) is 8. The molecule has 2 N–H and O–H groups in total. The molecule has 0 atom stereocenters. The Balaban J connectivity index is 2.22. The monoisotopic (exact) mass is 534 g/mol. The van der Waals surface area contributed by atoms with E-state index < -0.39 is 47.4 Å². The molecule has 1 amide bonds. The van der Waals surface area contributed by atoms with Gasteiger partial charge >= 0.3 is 18.4 Å². The maximum atomic E-state index is 13.4. The largest absolute Gasteiger partial charge is 0.522 e. The maximum Gasteiger partial charge on any atom is 0.522 e. The van der Waals surface area contributed by atoms with E-state index in [0.717, 1.165) is 31.6 Å². The minimum atomic E-state index is -4.99. The number of alkyl halides is 3. The molecule has 0 spiro atoms. The van der Waals surface area contributed by atoms with E-state index >= 15 is 0 Å². The van der Waals surface area contributed by atoms with Gasteiger partial charge in [-0.25, -0.2) is 22.4 Å². The molecule has 36 heavy (non-hydrogen) atoms. The number of halogens is 4. The topological polar surface area (TPSA) is 138 Å². The van der Waals surface area contributed by atoms with Gasteiger partial charge in [-0.15, -0.1) is 13.2 Å². The van der Waals surface area contributed by atoms with Gasteiger partial charge in [-0.2, -0.15) is 0 Å². The van der Waals surface area contributed by atoms with Crippen molar-refractivity contribution >= 4 is 38.7 Å². The Morgan fingerprint density at radius 2 is 1.78 bits per heavy atom. The van der Waals surface area contributed by atoms with E-state index in [1.165, 1.54) is 18.2 Å². The quantitative estimate of drug-likeness (QED) is 0.262. The van der Waals surface area contributed by atoms with E-state index in [0.29, 0.717) is 4.31 Å². The van der Waals surface area contributed by atoms with E-state index in [4.69, 9.17) is 14.9 Å². The molecule has 1 aromatic heterocycles. The number of fused-ring (bicyclic) bond motifs is 1. The van der Waals surface area contributed by atoms with Gasteiger partial charge < -0.3 is 19.6 Å². The summed E-state index contributed by atoms with van der Waals surface area (Å²) in [5, 5.41) is -0.0128. The number of esters is 1. The van der Waals surface area contributed by atoms with Crippen molar-refractivity contribution in [3.63, 3.8) is 0 Å². The third-order valence-corrected chi connectivity index (χ3v) is 5.90. The second kappa shape index (κ2) is 10.0. The van der Waals surface area contributed by atoms with Crippen molar-refractivity contribution in [1.29, 1.82) is 0 Å². The first-order valence-electron chi connectivity index (χ1n) is 9.81. The number of rotatable bonds is 8. The molecule has 2 aromatic carbocycles. The summed E-state index contributed by atoms with van der Waals surface area (Å²) in [6, 6.07) is 6.96. The minimum Gasteiger partial charge on any atom is -0.495 e. The number of carbonyl (C=O) groups excluding carboxylic acids is 2. The molecule has 0 unspecified atom stereocenters. The summed E-state index contributed by atoms with van der Waals surface area (Å²) < 4.78 is 95.2. The second-order valence-electron chi connectivity index (χ2n) is 7.17. The van der Waals surface area contributed by atoms with E-state index in [1.54, 1.807) is 0 Å². The summed E-state index contributed by atoms with van der Waals surface area (Å²) in [6.45, 7) is -1.78. The zero-order chi connectivity index (χ0) is 26.8. The number of anilines is 1. The smallest absolute Gasteiger partial charge is 0.495 e. The second-order valence-corrected chi connectivity index (χ2v) is 9.08. The number of nitrogens with two attached hydrogens (primary N) is 1. The molecule has 0 saturated heterocycles. The van der Waals surface area contributed by atoms with E-state index in [-0.39, 0.29) is 39.3 Å². The van der Waals surface area contributed by atoms with Crippen LogP contribution in [-0.4, -0.2) is 53.4 Å². The van der Waals surface area contributed by atoms with Crippen LogP contribution in [0.5, 0.6) is 5.75 Å². The van der Waals surface area contributed by atoms with Gasteiger partial charge in [-0.3, -0.25) is 9.04 Å². The lowest BCUT2D eigenvalue weighted by molar-refractivity contribution is -0.323. The van der Waals surface area contributed by atoms with Crippen molar-refractivity contribution in [2.75, 3.05) is 30.8 Å². The number of ether oxygens (including phenoxy) is 3.